The molecule has 0 atom stereocenters. The number of carbonyl (C=O) groups excluding carboxylic acids is 2. The van der Waals surface area contributed by atoms with Crippen molar-refractivity contribution in [2.45, 2.75) is 23.3 Å². The zero-order chi connectivity index (χ0) is 21.1. The van der Waals surface area contributed by atoms with Crippen molar-refractivity contribution in [2.75, 3.05) is 0 Å². The van der Waals surface area contributed by atoms with Gasteiger partial charge in [0, 0.05) is 15.4 Å². The van der Waals surface area contributed by atoms with Crippen LogP contribution in [0.25, 0.3) is 6.08 Å². The average molecular weight is 436 g/mol. The SMILES string of the molecule is Cc1ccc(Sc2ccc(/C=C3\SC(=O)N(Cc4ccccc4F)C3=O)cc2)cc1. The Morgan fingerprint density at radius 3 is 2.23 bits per heavy atom. The van der Waals surface area contributed by atoms with E-state index in [9.17, 15) is 14.0 Å². The normalized spacial score (nSPS) is 15.3. The molecule has 1 saturated heterocycles. The third-order valence-corrected chi connectivity index (χ3v) is 6.52. The van der Waals surface area contributed by atoms with E-state index >= 15 is 0 Å². The van der Waals surface area contributed by atoms with Crippen molar-refractivity contribution in [3.05, 3.63) is 100 Å². The van der Waals surface area contributed by atoms with E-state index < -0.39 is 11.7 Å². The van der Waals surface area contributed by atoms with Crippen LogP contribution in [0.5, 0.6) is 0 Å². The summed E-state index contributed by atoms with van der Waals surface area (Å²) in [6, 6.07) is 22.3. The minimum atomic E-state index is -0.429. The van der Waals surface area contributed by atoms with Gasteiger partial charge in [-0.15, -0.1) is 0 Å². The Bertz CT molecular complexity index is 1120. The smallest absolute Gasteiger partial charge is 0.268 e. The standard InChI is InChI=1S/C24H18FNO2S2/c1-16-6-10-19(11-7-16)29-20-12-8-17(9-13-20)14-22-23(27)26(24(28)30-22)15-18-4-2-3-5-21(18)25/h2-14H,15H2,1H3/b22-14-. The second kappa shape index (κ2) is 8.90. The van der Waals surface area contributed by atoms with E-state index in [4.69, 9.17) is 0 Å². The van der Waals surface area contributed by atoms with Gasteiger partial charge < -0.3 is 0 Å². The monoisotopic (exact) mass is 435 g/mol. The summed E-state index contributed by atoms with van der Waals surface area (Å²) in [6.07, 6.45) is 1.70. The molecular weight excluding hydrogens is 417 g/mol. The topological polar surface area (TPSA) is 37.4 Å². The summed E-state index contributed by atoms with van der Waals surface area (Å²) in [5.74, 6) is -0.825. The van der Waals surface area contributed by atoms with E-state index in [1.54, 1.807) is 36.0 Å². The Morgan fingerprint density at radius 2 is 1.57 bits per heavy atom. The van der Waals surface area contributed by atoms with E-state index in [0.717, 1.165) is 32.0 Å². The second-order valence-electron chi connectivity index (χ2n) is 6.84. The zero-order valence-electron chi connectivity index (χ0n) is 16.2. The first-order valence-corrected chi connectivity index (χ1v) is 11.0. The van der Waals surface area contributed by atoms with E-state index in [1.807, 2.05) is 24.3 Å². The molecule has 0 radical (unpaired) electrons. The largest absolute Gasteiger partial charge is 0.293 e. The molecule has 2 amide bonds. The predicted molar refractivity (Wildman–Crippen MR) is 120 cm³/mol. The highest BCUT2D eigenvalue weighted by Gasteiger charge is 2.35. The van der Waals surface area contributed by atoms with Crippen molar-refractivity contribution in [3.8, 4) is 0 Å². The Balaban J connectivity index is 1.46. The molecule has 6 heteroatoms. The number of rotatable bonds is 5. The van der Waals surface area contributed by atoms with Crippen molar-refractivity contribution >= 4 is 40.7 Å². The molecule has 30 heavy (non-hydrogen) atoms. The van der Waals surface area contributed by atoms with Crippen LogP contribution < -0.4 is 0 Å². The van der Waals surface area contributed by atoms with Crippen LogP contribution in [0.3, 0.4) is 0 Å². The number of thioether (sulfide) groups is 1. The van der Waals surface area contributed by atoms with Gasteiger partial charge >= 0.3 is 0 Å². The van der Waals surface area contributed by atoms with Gasteiger partial charge in [-0.2, -0.15) is 0 Å². The van der Waals surface area contributed by atoms with Gasteiger partial charge in [0.15, 0.2) is 0 Å². The first-order valence-electron chi connectivity index (χ1n) is 9.33. The highest BCUT2D eigenvalue weighted by molar-refractivity contribution is 8.18. The fourth-order valence-corrected chi connectivity index (χ4v) is 4.61. The molecule has 3 aromatic rings. The number of carbonyl (C=O) groups is 2. The lowest BCUT2D eigenvalue weighted by atomic mass is 10.2. The molecule has 3 aromatic carbocycles. The number of hydrogen-bond donors (Lipinski definition) is 0. The molecule has 150 valence electrons. The second-order valence-corrected chi connectivity index (χ2v) is 8.98. The van der Waals surface area contributed by atoms with E-state index in [2.05, 4.69) is 31.2 Å². The van der Waals surface area contributed by atoms with Gasteiger partial charge in [-0.05, 0) is 60.7 Å². The van der Waals surface area contributed by atoms with Gasteiger partial charge in [0.05, 0.1) is 11.4 Å². The zero-order valence-corrected chi connectivity index (χ0v) is 17.8. The molecule has 1 fully saturated rings. The summed E-state index contributed by atoms with van der Waals surface area (Å²) in [4.78, 5) is 28.6. The van der Waals surface area contributed by atoms with Crippen LogP contribution in [0.1, 0.15) is 16.7 Å². The van der Waals surface area contributed by atoms with Gasteiger partial charge in [-0.25, -0.2) is 4.39 Å². The summed E-state index contributed by atoms with van der Waals surface area (Å²) in [6.45, 7) is 1.99. The molecular formula is C24H18FNO2S2. The number of aryl methyl sites for hydroxylation is 1. The molecule has 0 aromatic heterocycles. The van der Waals surface area contributed by atoms with Crippen LogP contribution in [0.4, 0.5) is 9.18 Å². The molecule has 1 heterocycles. The molecule has 4 rings (SSSR count). The van der Waals surface area contributed by atoms with Crippen molar-refractivity contribution in [1.82, 2.24) is 4.90 Å². The molecule has 0 bridgehead atoms. The van der Waals surface area contributed by atoms with Crippen molar-refractivity contribution in [3.63, 3.8) is 0 Å². The van der Waals surface area contributed by atoms with Gasteiger partial charge in [0.1, 0.15) is 5.82 Å². The third-order valence-electron chi connectivity index (χ3n) is 4.59. The van der Waals surface area contributed by atoms with Crippen molar-refractivity contribution in [2.24, 2.45) is 0 Å². The first kappa shape index (κ1) is 20.4. The van der Waals surface area contributed by atoms with Crippen LogP contribution >= 0.6 is 23.5 Å². The maximum absolute atomic E-state index is 13.9. The molecule has 0 saturated carbocycles. The average Bonchev–Trinajstić information content (AvgIpc) is 3.00. The summed E-state index contributed by atoms with van der Waals surface area (Å²) >= 11 is 2.54. The number of amides is 2. The number of benzene rings is 3. The fraction of sp³-hybridized carbons (Fsp3) is 0.0833. The number of nitrogens with zero attached hydrogens (tertiary/aromatic N) is 1. The number of halogens is 1. The fourth-order valence-electron chi connectivity index (χ4n) is 2.96. The third kappa shape index (κ3) is 4.66. The van der Waals surface area contributed by atoms with Gasteiger partial charge in [0.2, 0.25) is 0 Å². The van der Waals surface area contributed by atoms with E-state index in [0.29, 0.717) is 10.5 Å². The summed E-state index contributed by atoms with van der Waals surface area (Å²) in [5.41, 5.74) is 2.37. The summed E-state index contributed by atoms with van der Waals surface area (Å²) in [7, 11) is 0. The lowest BCUT2D eigenvalue weighted by Gasteiger charge is -2.12. The first-order chi connectivity index (χ1) is 14.5. The Kier molecular flexibility index (Phi) is 6.06. The Morgan fingerprint density at radius 1 is 0.933 bits per heavy atom. The minimum Gasteiger partial charge on any atom is -0.268 e. The number of imide groups is 1. The van der Waals surface area contributed by atoms with Crippen molar-refractivity contribution in [1.29, 1.82) is 0 Å². The highest BCUT2D eigenvalue weighted by Crippen LogP contribution is 2.34. The summed E-state index contributed by atoms with van der Waals surface area (Å²) < 4.78 is 13.9. The lowest BCUT2D eigenvalue weighted by Crippen LogP contribution is -2.27. The molecule has 3 nitrogen and oxygen atoms in total. The van der Waals surface area contributed by atoms with Gasteiger partial charge in [0.25, 0.3) is 11.1 Å². The highest BCUT2D eigenvalue weighted by atomic mass is 32.2. The Labute approximate surface area is 183 Å². The van der Waals surface area contributed by atoms with Gasteiger partial charge in [-0.3, -0.25) is 14.5 Å². The van der Waals surface area contributed by atoms with E-state index in [-0.39, 0.29) is 11.8 Å². The molecule has 0 aliphatic carbocycles. The van der Waals surface area contributed by atoms with Crippen molar-refractivity contribution < 1.29 is 14.0 Å². The predicted octanol–water partition coefficient (Wildman–Crippen LogP) is 6.52. The molecule has 0 N–H and O–H groups in total. The van der Waals surface area contributed by atoms with Crippen LogP contribution in [-0.4, -0.2) is 16.0 Å². The minimum absolute atomic E-state index is 0.0686. The molecule has 1 aliphatic rings. The summed E-state index contributed by atoms with van der Waals surface area (Å²) in [5, 5.41) is -0.388. The maximum atomic E-state index is 13.9. The lowest BCUT2D eigenvalue weighted by molar-refractivity contribution is -0.123. The van der Waals surface area contributed by atoms with Gasteiger partial charge in [-0.1, -0.05) is 59.8 Å². The van der Waals surface area contributed by atoms with E-state index in [1.165, 1.54) is 11.6 Å². The molecule has 1 aliphatic heterocycles. The van der Waals surface area contributed by atoms with Crippen LogP contribution in [0.2, 0.25) is 0 Å². The van der Waals surface area contributed by atoms with Crippen LogP contribution in [-0.2, 0) is 11.3 Å². The Hall–Kier alpha value is -2.83. The molecule has 0 unspecified atom stereocenters. The maximum Gasteiger partial charge on any atom is 0.293 e. The molecule has 0 spiro atoms. The van der Waals surface area contributed by atoms with Crippen LogP contribution in [0.15, 0.2) is 87.5 Å². The number of hydrogen-bond acceptors (Lipinski definition) is 4. The van der Waals surface area contributed by atoms with Crippen LogP contribution in [0, 0.1) is 12.7 Å². The quantitative estimate of drug-likeness (QED) is 0.428.